The van der Waals surface area contributed by atoms with E-state index in [1.165, 1.54) is 17.3 Å². The summed E-state index contributed by atoms with van der Waals surface area (Å²) in [5.41, 5.74) is 3.97. The van der Waals surface area contributed by atoms with Crippen molar-refractivity contribution < 1.29 is 14.3 Å². The Balaban J connectivity index is 1.52. The second-order valence-corrected chi connectivity index (χ2v) is 8.79. The molecule has 33 heavy (non-hydrogen) atoms. The molecule has 0 unspecified atom stereocenters. The van der Waals surface area contributed by atoms with Crippen molar-refractivity contribution >= 4 is 29.3 Å². The van der Waals surface area contributed by atoms with E-state index in [-0.39, 0.29) is 30.0 Å². The minimum Gasteiger partial charge on any atom is -0.497 e. The van der Waals surface area contributed by atoms with Crippen molar-refractivity contribution in [2.45, 2.75) is 38.4 Å². The second-order valence-electron chi connectivity index (χ2n) is 7.85. The third kappa shape index (κ3) is 6.58. The lowest BCUT2D eigenvalue weighted by Gasteiger charge is -2.14. The molecule has 0 aliphatic heterocycles. The van der Waals surface area contributed by atoms with Crippen LogP contribution in [-0.2, 0) is 23.1 Å². The molecule has 0 saturated heterocycles. The number of rotatable bonds is 9. The van der Waals surface area contributed by atoms with Crippen LogP contribution < -0.4 is 15.4 Å². The van der Waals surface area contributed by atoms with Gasteiger partial charge in [0.1, 0.15) is 5.75 Å². The summed E-state index contributed by atoms with van der Waals surface area (Å²) in [4.78, 5) is 24.8. The Bertz CT molecular complexity index is 1130. The van der Waals surface area contributed by atoms with E-state index in [0.29, 0.717) is 11.0 Å². The maximum atomic E-state index is 12.4. The first-order chi connectivity index (χ1) is 15.8. The van der Waals surface area contributed by atoms with E-state index in [4.69, 9.17) is 4.74 Å². The highest BCUT2D eigenvalue weighted by atomic mass is 32.2. The number of carbonyl (C=O) groups excluding carboxylic acids is 2. The summed E-state index contributed by atoms with van der Waals surface area (Å²) >= 11 is 1.30. The standard InChI is InChI=1S/C24H29N5O3S/c1-15-6-9-19(12-16(15)2)26-22(31)14-33-24-28-27-23(29(24)4)17(3)25-21(30)13-18-7-10-20(32-5)11-8-18/h6-12,17H,13-14H2,1-5H3,(H,25,30)(H,26,31)/t17-/m0/s1. The molecule has 0 radical (unpaired) electrons. The molecule has 0 saturated carbocycles. The number of nitrogens with one attached hydrogen (secondary N) is 2. The molecule has 1 atom stereocenters. The van der Waals surface area contributed by atoms with Gasteiger partial charge in [0.2, 0.25) is 11.8 Å². The predicted molar refractivity (Wildman–Crippen MR) is 130 cm³/mol. The van der Waals surface area contributed by atoms with Gasteiger partial charge in [-0.2, -0.15) is 0 Å². The van der Waals surface area contributed by atoms with E-state index < -0.39 is 0 Å². The second kappa shape index (κ2) is 11.0. The van der Waals surface area contributed by atoms with E-state index in [1.807, 2.05) is 70.3 Å². The van der Waals surface area contributed by atoms with Crippen molar-refractivity contribution in [3.63, 3.8) is 0 Å². The number of carbonyl (C=O) groups is 2. The van der Waals surface area contributed by atoms with Gasteiger partial charge in [-0.05, 0) is 61.7 Å². The lowest BCUT2D eigenvalue weighted by atomic mass is 10.1. The molecular weight excluding hydrogens is 438 g/mol. The van der Waals surface area contributed by atoms with Gasteiger partial charge in [-0.3, -0.25) is 9.59 Å². The SMILES string of the molecule is COc1ccc(CC(=O)N[C@@H](C)c2nnc(SCC(=O)Nc3ccc(C)c(C)c3)n2C)cc1. The van der Waals surface area contributed by atoms with Crippen molar-refractivity contribution in [2.75, 3.05) is 18.2 Å². The molecule has 1 heterocycles. The Morgan fingerprint density at radius 3 is 2.45 bits per heavy atom. The summed E-state index contributed by atoms with van der Waals surface area (Å²) in [5.74, 6) is 1.35. The molecule has 1 aromatic heterocycles. The zero-order valence-electron chi connectivity index (χ0n) is 19.5. The molecule has 9 heteroatoms. The Labute approximate surface area is 198 Å². The van der Waals surface area contributed by atoms with Crippen molar-refractivity contribution in [2.24, 2.45) is 7.05 Å². The van der Waals surface area contributed by atoms with Crippen LogP contribution in [0.1, 0.15) is 35.5 Å². The molecule has 8 nitrogen and oxygen atoms in total. The van der Waals surface area contributed by atoms with Crippen LogP contribution in [0.2, 0.25) is 0 Å². The number of hydrogen-bond acceptors (Lipinski definition) is 6. The third-order valence-electron chi connectivity index (χ3n) is 5.28. The van der Waals surface area contributed by atoms with E-state index in [0.717, 1.165) is 22.6 Å². The van der Waals surface area contributed by atoms with E-state index in [2.05, 4.69) is 20.8 Å². The minimum atomic E-state index is -0.327. The van der Waals surface area contributed by atoms with Crippen molar-refractivity contribution in [1.82, 2.24) is 20.1 Å². The van der Waals surface area contributed by atoms with E-state index in [9.17, 15) is 9.59 Å². The molecule has 174 valence electrons. The number of nitrogens with zero attached hydrogens (tertiary/aromatic N) is 3. The van der Waals surface area contributed by atoms with E-state index in [1.54, 1.807) is 11.7 Å². The Morgan fingerprint density at radius 2 is 1.79 bits per heavy atom. The fourth-order valence-corrected chi connectivity index (χ4v) is 3.98. The average molecular weight is 468 g/mol. The average Bonchev–Trinajstić information content (AvgIpc) is 3.15. The highest BCUT2D eigenvalue weighted by Gasteiger charge is 2.18. The van der Waals surface area contributed by atoms with Gasteiger partial charge in [-0.15, -0.1) is 10.2 Å². The van der Waals surface area contributed by atoms with Gasteiger partial charge in [0.15, 0.2) is 11.0 Å². The molecule has 2 N–H and O–H groups in total. The Morgan fingerprint density at radius 1 is 1.06 bits per heavy atom. The highest BCUT2D eigenvalue weighted by molar-refractivity contribution is 7.99. The summed E-state index contributed by atoms with van der Waals surface area (Å²) in [6.07, 6.45) is 0.256. The summed E-state index contributed by atoms with van der Waals surface area (Å²) in [6.45, 7) is 5.90. The van der Waals surface area contributed by atoms with Crippen LogP contribution in [0, 0.1) is 13.8 Å². The number of aryl methyl sites for hydroxylation is 2. The number of hydrogen-bond donors (Lipinski definition) is 2. The fraction of sp³-hybridized carbons (Fsp3) is 0.333. The minimum absolute atomic E-state index is 0.113. The maximum Gasteiger partial charge on any atom is 0.234 e. The van der Waals surface area contributed by atoms with Crippen LogP contribution in [-0.4, -0.2) is 39.4 Å². The van der Waals surface area contributed by atoms with Crippen molar-refractivity contribution in [3.05, 3.63) is 65.0 Å². The van der Waals surface area contributed by atoms with Gasteiger partial charge >= 0.3 is 0 Å². The number of benzene rings is 2. The summed E-state index contributed by atoms with van der Waals surface area (Å²) < 4.78 is 6.94. The first-order valence-corrected chi connectivity index (χ1v) is 11.6. The van der Waals surface area contributed by atoms with Gasteiger partial charge < -0.3 is 19.9 Å². The van der Waals surface area contributed by atoms with Gasteiger partial charge in [-0.25, -0.2) is 0 Å². The van der Waals surface area contributed by atoms with Gasteiger partial charge in [0.05, 0.1) is 25.3 Å². The summed E-state index contributed by atoms with van der Waals surface area (Å²) in [5, 5.41) is 14.9. The number of aromatic nitrogens is 3. The number of methoxy groups -OCH3 is 1. The molecule has 0 fully saturated rings. The zero-order valence-corrected chi connectivity index (χ0v) is 20.3. The number of amides is 2. The van der Waals surface area contributed by atoms with Crippen LogP contribution in [0.5, 0.6) is 5.75 Å². The summed E-state index contributed by atoms with van der Waals surface area (Å²) in [7, 11) is 3.43. The molecule has 3 aromatic rings. The number of anilines is 1. The number of ether oxygens (including phenoxy) is 1. The van der Waals surface area contributed by atoms with E-state index >= 15 is 0 Å². The molecule has 0 aliphatic carbocycles. The first-order valence-electron chi connectivity index (χ1n) is 10.6. The fourth-order valence-electron chi connectivity index (χ4n) is 3.26. The van der Waals surface area contributed by atoms with Crippen molar-refractivity contribution in [3.8, 4) is 5.75 Å². The highest BCUT2D eigenvalue weighted by Crippen LogP contribution is 2.20. The van der Waals surface area contributed by atoms with Gasteiger partial charge in [0.25, 0.3) is 0 Å². The molecule has 2 aromatic carbocycles. The first kappa shape index (κ1) is 24.3. The lowest BCUT2D eigenvalue weighted by molar-refractivity contribution is -0.121. The quantitative estimate of drug-likeness (QED) is 0.467. The smallest absolute Gasteiger partial charge is 0.234 e. The maximum absolute atomic E-state index is 12.4. The van der Waals surface area contributed by atoms with Crippen LogP contribution in [0.4, 0.5) is 5.69 Å². The van der Waals surface area contributed by atoms with Crippen LogP contribution in [0.15, 0.2) is 47.6 Å². The molecular formula is C24H29N5O3S. The third-order valence-corrected chi connectivity index (χ3v) is 6.30. The van der Waals surface area contributed by atoms with Gasteiger partial charge in [0, 0.05) is 12.7 Å². The monoisotopic (exact) mass is 467 g/mol. The van der Waals surface area contributed by atoms with Crippen LogP contribution in [0.3, 0.4) is 0 Å². The van der Waals surface area contributed by atoms with Crippen LogP contribution >= 0.6 is 11.8 Å². The zero-order chi connectivity index (χ0) is 24.0. The van der Waals surface area contributed by atoms with Gasteiger partial charge in [-0.1, -0.05) is 30.0 Å². The Hall–Kier alpha value is -3.33. The Kier molecular flexibility index (Phi) is 8.11. The molecule has 0 bridgehead atoms. The predicted octanol–water partition coefficient (Wildman–Crippen LogP) is 3.59. The lowest BCUT2D eigenvalue weighted by Crippen LogP contribution is -2.29. The summed E-state index contributed by atoms with van der Waals surface area (Å²) in [6, 6.07) is 12.9. The molecule has 0 spiro atoms. The topological polar surface area (TPSA) is 98.1 Å². The van der Waals surface area contributed by atoms with Crippen molar-refractivity contribution in [1.29, 1.82) is 0 Å². The molecule has 0 aliphatic rings. The normalized spacial score (nSPS) is 11.7. The van der Waals surface area contributed by atoms with Crippen LogP contribution in [0.25, 0.3) is 0 Å². The number of thioether (sulfide) groups is 1. The molecule has 3 rings (SSSR count). The molecule has 2 amide bonds. The largest absolute Gasteiger partial charge is 0.497 e.